The van der Waals surface area contributed by atoms with Crippen LogP contribution in [-0.2, 0) is 19.1 Å². The Hall–Kier alpha value is 0.720. The summed E-state index contributed by atoms with van der Waals surface area (Å²) in [5, 5.41) is 21.3. The van der Waals surface area contributed by atoms with Gasteiger partial charge in [-0.1, -0.05) is 129 Å². The molecule has 0 amide bonds. The van der Waals surface area contributed by atoms with Crippen LogP contribution in [0, 0.1) is 0 Å². The molecule has 42 heavy (non-hydrogen) atoms. The van der Waals surface area contributed by atoms with Crippen LogP contribution < -0.4 is 69.3 Å². The van der Waals surface area contributed by atoms with Gasteiger partial charge >= 0.3 is 59.1 Å². The van der Waals surface area contributed by atoms with E-state index in [0.717, 1.165) is 25.7 Å². The number of thiocarbonyl (C=S) groups is 2. The van der Waals surface area contributed by atoms with Gasteiger partial charge in [-0.25, -0.2) is 0 Å². The molecule has 0 aromatic carbocycles. The van der Waals surface area contributed by atoms with Crippen molar-refractivity contribution < 1.29 is 88.4 Å². The van der Waals surface area contributed by atoms with Gasteiger partial charge in [-0.3, -0.25) is 0 Å². The van der Waals surface area contributed by atoms with E-state index < -0.39 is 11.9 Å². The summed E-state index contributed by atoms with van der Waals surface area (Å²) in [5.41, 5.74) is 0. The fourth-order valence-corrected chi connectivity index (χ4v) is 4.47. The Balaban J connectivity index is -0.000000328. The maximum atomic E-state index is 10.2. The van der Waals surface area contributed by atoms with E-state index in [1.807, 2.05) is 0 Å². The third-order valence-corrected chi connectivity index (χ3v) is 7.23. The van der Waals surface area contributed by atoms with Crippen molar-refractivity contribution in [2.45, 2.75) is 168 Å². The molecule has 0 N–H and O–H groups in total. The number of hydrogen-bond donors (Lipinski definition) is 0. The molecular formula is C32H58Na2O6S2. The normalized spacial score (nSPS) is 9.95. The van der Waals surface area contributed by atoms with E-state index in [1.54, 1.807) is 0 Å². The number of rotatable bonds is 28. The topological polar surface area (TPSA) is 98.7 Å². The summed E-state index contributed by atoms with van der Waals surface area (Å²) < 4.78 is 10.6. The van der Waals surface area contributed by atoms with Crippen molar-refractivity contribution in [1.29, 1.82) is 0 Å². The number of ether oxygens (including phenoxy) is 2. The van der Waals surface area contributed by atoms with Crippen LogP contribution in [0.15, 0.2) is 0 Å². The van der Waals surface area contributed by atoms with E-state index >= 15 is 0 Å². The van der Waals surface area contributed by atoms with E-state index in [1.165, 1.54) is 103 Å². The Labute approximate surface area is 313 Å². The smallest absolute Gasteiger partial charge is 0.550 e. The number of hydrogen-bond acceptors (Lipinski definition) is 8. The summed E-state index contributed by atoms with van der Waals surface area (Å²) >= 11 is 9.86. The second-order valence-corrected chi connectivity index (χ2v) is 11.5. The van der Waals surface area contributed by atoms with Gasteiger partial charge < -0.3 is 29.3 Å². The first kappa shape index (κ1) is 49.6. The Morgan fingerprint density at radius 1 is 0.452 bits per heavy atom. The maximum absolute atomic E-state index is 10.2. The number of unbranched alkanes of at least 4 members (excludes halogenated alkanes) is 18. The number of carbonyl (C=O) groups excluding carboxylic acids is 2. The van der Waals surface area contributed by atoms with Gasteiger partial charge in [0.25, 0.3) is 0 Å². The maximum Gasteiger partial charge on any atom is 1.00 e. The van der Waals surface area contributed by atoms with Gasteiger partial charge in [0.2, 0.25) is 0 Å². The SMILES string of the molecule is CCCCCCCCCCCCOC(=S)CCC(=O)[O-].CCCCCCCCCCCCOC(=S)CCC(=O)[O-].[Na+].[Na+]. The number of aliphatic carboxylic acids is 2. The molecule has 0 aliphatic heterocycles. The molecule has 0 aliphatic rings. The zero-order valence-corrected chi connectivity index (χ0v) is 33.3. The van der Waals surface area contributed by atoms with Crippen LogP contribution in [0.5, 0.6) is 0 Å². The molecule has 236 valence electrons. The molecule has 0 aromatic heterocycles. The molecule has 0 heterocycles. The molecule has 0 rings (SSSR count). The minimum Gasteiger partial charge on any atom is -0.550 e. The van der Waals surface area contributed by atoms with Gasteiger partial charge in [-0.2, -0.15) is 0 Å². The van der Waals surface area contributed by atoms with Crippen molar-refractivity contribution >= 4 is 46.5 Å². The average molecular weight is 649 g/mol. The van der Waals surface area contributed by atoms with Crippen molar-refractivity contribution in [3.05, 3.63) is 0 Å². The van der Waals surface area contributed by atoms with E-state index in [9.17, 15) is 19.8 Å². The van der Waals surface area contributed by atoms with Crippen LogP contribution in [0.25, 0.3) is 0 Å². The minimum absolute atomic E-state index is 0. The first-order valence-electron chi connectivity index (χ1n) is 16.0. The summed E-state index contributed by atoms with van der Waals surface area (Å²) in [7, 11) is 0. The van der Waals surface area contributed by atoms with Crippen LogP contribution in [0.2, 0.25) is 0 Å². The van der Waals surface area contributed by atoms with Gasteiger partial charge in [0.15, 0.2) is 10.1 Å². The van der Waals surface area contributed by atoms with Gasteiger partial charge in [0.05, 0.1) is 13.2 Å². The Kier molecular flexibility index (Phi) is 49.3. The molecular weight excluding hydrogens is 590 g/mol. The number of carboxylic acids is 2. The van der Waals surface area contributed by atoms with E-state index in [2.05, 4.69) is 13.8 Å². The standard InChI is InChI=1S/2C16H30O3S.2Na/c2*1-2-3-4-5-6-7-8-9-10-11-14-19-16(20)13-12-15(17)18;;/h2*2-14H2,1H3,(H,17,18);;/q;;2*+1/p-2. The molecule has 0 radical (unpaired) electrons. The molecule has 10 heteroatoms. The molecule has 6 nitrogen and oxygen atoms in total. The minimum atomic E-state index is -1.07. The van der Waals surface area contributed by atoms with Gasteiger partial charge in [0.1, 0.15) is 0 Å². The van der Waals surface area contributed by atoms with Crippen LogP contribution in [0.4, 0.5) is 0 Å². The fraction of sp³-hybridized carbons (Fsp3) is 0.875. The first-order valence-corrected chi connectivity index (χ1v) is 16.9. The Morgan fingerprint density at radius 2 is 0.690 bits per heavy atom. The fourth-order valence-electron chi connectivity index (χ4n) is 4.10. The molecule has 0 saturated heterocycles. The van der Waals surface area contributed by atoms with Crippen molar-refractivity contribution in [3.63, 3.8) is 0 Å². The van der Waals surface area contributed by atoms with Crippen LogP contribution in [0.1, 0.15) is 168 Å². The third-order valence-electron chi connectivity index (χ3n) is 6.59. The predicted molar refractivity (Wildman–Crippen MR) is 169 cm³/mol. The quantitative estimate of drug-likeness (QED) is 0.0717. The molecule has 0 atom stereocenters. The zero-order chi connectivity index (χ0) is 30.1. The van der Waals surface area contributed by atoms with Gasteiger partial charge in [-0.15, -0.1) is 0 Å². The van der Waals surface area contributed by atoms with Gasteiger partial charge in [-0.05, 0) is 50.1 Å². The van der Waals surface area contributed by atoms with Crippen LogP contribution in [-0.4, -0.2) is 35.3 Å². The monoisotopic (exact) mass is 648 g/mol. The molecule has 0 aliphatic carbocycles. The largest absolute Gasteiger partial charge is 1.00 e. The second kappa shape index (κ2) is 41.7. The van der Waals surface area contributed by atoms with E-state index in [4.69, 9.17) is 33.9 Å². The summed E-state index contributed by atoms with van der Waals surface area (Å²) in [4.78, 5) is 20.5. The summed E-state index contributed by atoms with van der Waals surface area (Å²) in [6, 6.07) is 0. The summed E-state index contributed by atoms with van der Waals surface area (Å²) in [5.74, 6) is -2.15. The van der Waals surface area contributed by atoms with Crippen molar-refractivity contribution in [3.8, 4) is 0 Å². The van der Waals surface area contributed by atoms with Crippen molar-refractivity contribution in [2.24, 2.45) is 0 Å². The second-order valence-electron chi connectivity index (χ2n) is 10.5. The summed E-state index contributed by atoms with van der Waals surface area (Å²) in [6.45, 7) is 5.71. The molecule has 0 aromatic rings. The Bertz CT molecular complexity index is 572. The van der Waals surface area contributed by atoms with E-state index in [0.29, 0.717) is 23.3 Å². The van der Waals surface area contributed by atoms with Crippen LogP contribution in [0.3, 0.4) is 0 Å². The van der Waals surface area contributed by atoms with Gasteiger partial charge in [0, 0.05) is 24.8 Å². The average Bonchev–Trinajstić information content (AvgIpc) is 2.92. The Morgan fingerprint density at radius 3 is 0.929 bits per heavy atom. The number of carbonyl (C=O) groups is 2. The molecule has 0 bridgehead atoms. The first-order chi connectivity index (χ1) is 19.3. The predicted octanol–water partition coefficient (Wildman–Crippen LogP) is 1.57. The third kappa shape index (κ3) is 47.6. The molecule has 0 fully saturated rings. The summed E-state index contributed by atoms with van der Waals surface area (Å²) in [6.07, 6.45) is 26.2. The number of carboxylic acid groups (broad SMARTS) is 2. The molecule has 0 spiro atoms. The van der Waals surface area contributed by atoms with Crippen LogP contribution >= 0.6 is 24.4 Å². The molecule has 0 unspecified atom stereocenters. The van der Waals surface area contributed by atoms with Crippen molar-refractivity contribution in [2.75, 3.05) is 13.2 Å². The van der Waals surface area contributed by atoms with E-state index in [-0.39, 0.29) is 84.8 Å². The zero-order valence-electron chi connectivity index (χ0n) is 27.7. The molecule has 0 saturated carbocycles. The van der Waals surface area contributed by atoms with Crippen molar-refractivity contribution in [1.82, 2.24) is 0 Å².